The average molecular weight is 486 g/mol. The third-order valence-corrected chi connectivity index (χ3v) is 7.25. The van der Waals surface area contributed by atoms with Crippen LogP contribution in [0.1, 0.15) is 50.3 Å². The monoisotopic (exact) mass is 485 g/mol. The summed E-state index contributed by atoms with van der Waals surface area (Å²) in [7, 11) is -2.50. The number of fused-ring (bicyclic) bond motifs is 2. The lowest BCUT2D eigenvalue weighted by molar-refractivity contribution is -0.000551. The van der Waals surface area contributed by atoms with Gasteiger partial charge in [0.2, 0.25) is 0 Å². The van der Waals surface area contributed by atoms with Crippen molar-refractivity contribution < 1.29 is 22.5 Å². The highest BCUT2D eigenvalue weighted by molar-refractivity contribution is 6.00. The molecule has 3 aromatic heterocycles. The standard InChI is InChI=1S/C24H29N7O4/c1-25-20-11-19(27-17-4-3-6-30(24(17)33)14-9-15(10-14)34-2)29-22-16(12-26-31(20)22)23(32)28-18-8-13-5-7-35-21(13)18/h3-4,6,11-15,18,21,25H,5,7-10H2,1-2H3,(H,27,29)(H,28,32)/t13-,14?,15?,18-,21-/m1/s1/i1D3,2D3. The first-order chi connectivity index (χ1) is 19.3. The summed E-state index contributed by atoms with van der Waals surface area (Å²) in [5.74, 6) is 0.195. The van der Waals surface area contributed by atoms with E-state index in [1.807, 2.05) is 0 Å². The largest absolute Gasteiger partial charge is 0.381 e. The molecule has 0 aromatic carbocycles. The molecule has 35 heavy (non-hydrogen) atoms. The number of nitrogens with zero attached hydrogens (tertiary/aromatic N) is 4. The molecule has 3 atom stereocenters. The Morgan fingerprint density at radius 3 is 3.09 bits per heavy atom. The minimum Gasteiger partial charge on any atom is -0.381 e. The first kappa shape index (κ1) is 16.3. The van der Waals surface area contributed by atoms with Gasteiger partial charge < -0.3 is 30.0 Å². The van der Waals surface area contributed by atoms with Crippen LogP contribution >= 0.6 is 0 Å². The predicted octanol–water partition coefficient (Wildman–Crippen LogP) is 1.93. The topological polar surface area (TPSA) is 124 Å². The Kier molecular flexibility index (Phi) is 4.02. The Bertz CT molecular complexity index is 1530. The fraction of sp³-hybridized carbons (Fsp3) is 0.500. The van der Waals surface area contributed by atoms with Crippen LogP contribution in [0.25, 0.3) is 5.65 Å². The number of nitrogens with one attached hydrogen (secondary N) is 3. The fourth-order valence-electron chi connectivity index (χ4n) is 5.17. The van der Waals surface area contributed by atoms with Gasteiger partial charge in [-0.25, -0.2) is 4.98 Å². The van der Waals surface area contributed by atoms with Crippen molar-refractivity contribution in [2.24, 2.45) is 5.92 Å². The normalized spacial score (nSPS) is 30.3. The third kappa shape index (κ3) is 3.75. The number of hydrogen-bond acceptors (Lipinski definition) is 8. The lowest BCUT2D eigenvalue weighted by Gasteiger charge is -2.39. The molecule has 2 saturated carbocycles. The molecule has 0 unspecified atom stereocenters. The molecule has 3 aromatic rings. The Balaban J connectivity index is 1.26. The van der Waals surface area contributed by atoms with Gasteiger partial charge in [-0.05, 0) is 43.7 Å². The number of carbonyl (C=O) groups is 1. The zero-order chi connectivity index (χ0) is 29.1. The molecule has 1 aliphatic heterocycles. The summed E-state index contributed by atoms with van der Waals surface area (Å²) in [6.45, 7) is -1.89. The maximum atomic E-state index is 13.3. The van der Waals surface area contributed by atoms with Crippen molar-refractivity contribution in [1.82, 2.24) is 24.5 Å². The van der Waals surface area contributed by atoms with Crippen LogP contribution < -0.4 is 21.5 Å². The summed E-state index contributed by atoms with van der Waals surface area (Å²) in [5, 5.41) is 12.5. The maximum Gasteiger partial charge on any atom is 0.274 e. The van der Waals surface area contributed by atoms with Crippen molar-refractivity contribution in [3.8, 4) is 0 Å². The summed E-state index contributed by atoms with van der Waals surface area (Å²) in [4.78, 5) is 31.0. The van der Waals surface area contributed by atoms with Gasteiger partial charge in [0.25, 0.3) is 11.5 Å². The SMILES string of the molecule is [2H]C([2H])([2H])Nc1cc(Nc2cccn(C3CC(OC([2H])([2H])[2H])C3)c2=O)nc2c(C(=O)N[C@@H]3C[C@H]4CCO[C@H]43)cnn12. The van der Waals surface area contributed by atoms with E-state index in [-0.39, 0.29) is 52.3 Å². The highest BCUT2D eigenvalue weighted by Gasteiger charge is 2.46. The van der Waals surface area contributed by atoms with Crippen molar-refractivity contribution >= 4 is 28.9 Å². The molecule has 0 bridgehead atoms. The summed E-state index contributed by atoms with van der Waals surface area (Å²) in [6, 6.07) is 4.24. The van der Waals surface area contributed by atoms with Gasteiger partial charge in [0.1, 0.15) is 22.9 Å². The van der Waals surface area contributed by atoms with E-state index in [9.17, 15) is 9.59 Å². The molecule has 1 amide bonds. The Labute approximate surface area is 210 Å². The second kappa shape index (κ2) is 8.65. The number of carbonyl (C=O) groups excluding carboxylic acids is 1. The molecule has 2 aliphatic carbocycles. The number of aromatic nitrogens is 4. The van der Waals surface area contributed by atoms with E-state index in [0.717, 1.165) is 12.8 Å². The van der Waals surface area contributed by atoms with Gasteiger partial charge in [-0.2, -0.15) is 9.61 Å². The van der Waals surface area contributed by atoms with Crippen LogP contribution in [0, 0.1) is 5.92 Å². The first-order valence-corrected chi connectivity index (χ1v) is 11.6. The molecule has 4 heterocycles. The van der Waals surface area contributed by atoms with E-state index >= 15 is 0 Å². The van der Waals surface area contributed by atoms with E-state index < -0.39 is 26.0 Å². The van der Waals surface area contributed by atoms with Gasteiger partial charge >= 0.3 is 0 Å². The molecule has 11 heteroatoms. The number of anilines is 3. The summed E-state index contributed by atoms with van der Waals surface area (Å²) >= 11 is 0. The predicted molar refractivity (Wildman–Crippen MR) is 129 cm³/mol. The smallest absolute Gasteiger partial charge is 0.274 e. The van der Waals surface area contributed by atoms with Gasteiger partial charge in [0.15, 0.2) is 5.65 Å². The Morgan fingerprint density at radius 1 is 1.34 bits per heavy atom. The lowest BCUT2D eigenvalue weighted by atomic mass is 9.77. The summed E-state index contributed by atoms with van der Waals surface area (Å²) in [5.41, 5.74) is 0.0273. The van der Waals surface area contributed by atoms with Crippen LogP contribution in [0.4, 0.5) is 17.3 Å². The average Bonchev–Trinajstić information content (AvgIpc) is 3.43. The van der Waals surface area contributed by atoms with E-state index in [0.29, 0.717) is 25.4 Å². The zero-order valence-corrected chi connectivity index (χ0v) is 18.7. The van der Waals surface area contributed by atoms with E-state index in [1.54, 1.807) is 18.3 Å². The molecular weight excluding hydrogens is 450 g/mol. The van der Waals surface area contributed by atoms with Gasteiger partial charge in [0.05, 0.1) is 28.6 Å². The van der Waals surface area contributed by atoms with Crippen molar-refractivity contribution in [2.75, 3.05) is 31.3 Å². The number of amides is 1. The van der Waals surface area contributed by atoms with Crippen LogP contribution in [0.2, 0.25) is 0 Å². The molecule has 6 rings (SSSR count). The van der Waals surface area contributed by atoms with Crippen LogP contribution in [-0.4, -0.2) is 63.9 Å². The number of rotatable bonds is 7. The minimum atomic E-state index is -2.57. The van der Waals surface area contributed by atoms with Crippen molar-refractivity contribution in [1.29, 1.82) is 0 Å². The number of hydrogen-bond donors (Lipinski definition) is 3. The number of methoxy groups -OCH3 is 1. The maximum absolute atomic E-state index is 13.3. The fourth-order valence-corrected chi connectivity index (χ4v) is 5.17. The minimum absolute atomic E-state index is 0.00927. The number of pyridine rings is 1. The van der Waals surface area contributed by atoms with Crippen molar-refractivity contribution in [3.05, 3.63) is 46.5 Å². The summed E-state index contributed by atoms with van der Waals surface area (Å²) in [6.07, 6.45) is 5.01. The molecule has 3 aliphatic rings. The van der Waals surface area contributed by atoms with Crippen LogP contribution in [0.15, 0.2) is 35.4 Å². The molecule has 184 valence electrons. The van der Waals surface area contributed by atoms with Crippen LogP contribution in [0.5, 0.6) is 0 Å². The second-order valence-electron chi connectivity index (χ2n) is 9.27. The first-order valence-electron chi connectivity index (χ1n) is 14.6. The molecule has 3 fully saturated rings. The second-order valence-corrected chi connectivity index (χ2v) is 9.27. The quantitative estimate of drug-likeness (QED) is 0.464. The van der Waals surface area contributed by atoms with Gasteiger partial charge in [-0.1, -0.05) is 0 Å². The highest BCUT2D eigenvalue weighted by atomic mass is 16.5. The van der Waals surface area contributed by atoms with Crippen molar-refractivity contribution in [3.63, 3.8) is 0 Å². The van der Waals surface area contributed by atoms with E-state index in [1.165, 1.54) is 21.3 Å². The Morgan fingerprint density at radius 2 is 2.26 bits per heavy atom. The van der Waals surface area contributed by atoms with Gasteiger partial charge in [-0.15, -0.1) is 0 Å². The summed E-state index contributed by atoms with van der Waals surface area (Å²) < 4.78 is 58.2. The van der Waals surface area contributed by atoms with Crippen molar-refractivity contribution in [2.45, 2.75) is 50.0 Å². The molecule has 0 spiro atoms. The molecule has 11 nitrogen and oxygen atoms in total. The molecular formula is C24H29N7O4. The van der Waals surface area contributed by atoms with Crippen LogP contribution in [0.3, 0.4) is 0 Å². The highest BCUT2D eigenvalue weighted by Crippen LogP contribution is 2.38. The van der Waals surface area contributed by atoms with E-state index in [2.05, 4.69) is 26.0 Å². The Hall–Kier alpha value is -3.44. The number of ether oxygens (including phenoxy) is 2. The molecule has 3 N–H and O–H groups in total. The van der Waals surface area contributed by atoms with E-state index in [4.69, 9.17) is 17.7 Å². The molecule has 1 saturated heterocycles. The lowest BCUT2D eigenvalue weighted by Crippen LogP contribution is -2.54. The van der Waals surface area contributed by atoms with Gasteiger partial charge in [-0.3, -0.25) is 9.59 Å². The third-order valence-electron chi connectivity index (χ3n) is 7.25. The zero-order valence-electron chi connectivity index (χ0n) is 24.7. The van der Waals surface area contributed by atoms with Gasteiger partial charge in [0, 0.05) is 43.0 Å². The molecule has 0 radical (unpaired) electrons. The van der Waals surface area contributed by atoms with Crippen LogP contribution in [-0.2, 0) is 9.47 Å².